The molecule has 1 fully saturated rings. The van der Waals surface area contributed by atoms with Gasteiger partial charge in [0.1, 0.15) is 5.82 Å². The molecule has 0 radical (unpaired) electrons. The molecule has 1 saturated heterocycles. The molecule has 1 aromatic carbocycles. The highest BCUT2D eigenvalue weighted by molar-refractivity contribution is 5.87. The molecule has 40 heavy (non-hydrogen) atoms. The molecule has 0 atom stereocenters. The molecule has 4 heterocycles. The van der Waals surface area contributed by atoms with E-state index in [0.29, 0.717) is 40.3 Å². The van der Waals surface area contributed by atoms with E-state index in [2.05, 4.69) is 37.1 Å². The third-order valence-electron chi connectivity index (χ3n) is 7.24. The van der Waals surface area contributed by atoms with Crippen LogP contribution in [0, 0.1) is 5.82 Å². The summed E-state index contributed by atoms with van der Waals surface area (Å²) >= 11 is 0. The first-order valence-corrected chi connectivity index (χ1v) is 12.8. The molecule has 1 amide bonds. The van der Waals surface area contributed by atoms with Crippen molar-refractivity contribution in [2.45, 2.75) is 31.9 Å². The van der Waals surface area contributed by atoms with Gasteiger partial charge >= 0.3 is 6.43 Å². The predicted molar refractivity (Wildman–Crippen MR) is 142 cm³/mol. The van der Waals surface area contributed by atoms with Crippen molar-refractivity contribution in [1.29, 1.82) is 0 Å². The number of hydrogen-bond acceptors (Lipinski definition) is 8. The highest BCUT2D eigenvalue weighted by atomic mass is 19.3. The summed E-state index contributed by atoms with van der Waals surface area (Å²) in [5.41, 5.74) is 2.97. The summed E-state index contributed by atoms with van der Waals surface area (Å²) in [4.78, 5) is 22.5. The highest BCUT2D eigenvalue weighted by Gasteiger charge is 2.26. The number of carbonyl (C=O) groups excluding carboxylic acids is 1. The molecule has 210 valence electrons. The van der Waals surface area contributed by atoms with Crippen LogP contribution in [0.4, 0.5) is 24.5 Å². The maximum atomic E-state index is 15.6. The third kappa shape index (κ3) is 5.55. The second kappa shape index (κ2) is 11.5. The first kappa shape index (κ1) is 27.3. The van der Waals surface area contributed by atoms with E-state index >= 15 is 4.39 Å². The number of benzene rings is 1. The largest absolute Gasteiger partial charge is 0.415 e. The summed E-state index contributed by atoms with van der Waals surface area (Å²) in [6.45, 7) is 1.92. The van der Waals surface area contributed by atoms with Gasteiger partial charge in [0, 0.05) is 44.2 Å². The number of pyridine rings is 1. The van der Waals surface area contributed by atoms with Crippen molar-refractivity contribution in [3.05, 3.63) is 60.1 Å². The van der Waals surface area contributed by atoms with Crippen molar-refractivity contribution < 1.29 is 22.4 Å². The fraction of sp³-hybridized carbons (Fsp3) is 0.370. The van der Waals surface area contributed by atoms with Gasteiger partial charge in [0.25, 0.3) is 5.89 Å². The topological polar surface area (TPSA) is 96.4 Å². The van der Waals surface area contributed by atoms with Crippen LogP contribution in [0.25, 0.3) is 22.7 Å². The molecule has 0 N–H and O–H groups in total. The van der Waals surface area contributed by atoms with E-state index in [1.807, 2.05) is 7.05 Å². The molecule has 0 aliphatic carbocycles. The van der Waals surface area contributed by atoms with Gasteiger partial charge in [-0.15, -0.1) is 10.2 Å². The van der Waals surface area contributed by atoms with Crippen LogP contribution in [-0.2, 0) is 18.4 Å². The number of hydrogen-bond donors (Lipinski definition) is 0. The lowest BCUT2D eigenvalue weighted by atomic mass is 10.0. The number of alkyl halides is 2. The minimum absolute atomic E-state index is 0.0502. The Kier molecular flexibility index (Phi) is 7.83. The molecular formula is C27H29F3N8O2. The van der Waals surface area contributed by atoms with Crippen LogP contribution < -0.4 is 9.80 Å². The van der Waals surface area contributed by atoms with E-state index in [1.165, 1.54) is 17.2 Å². The van der Waals surface area contributed by atoms with Gasteiger partial charge in [0.2, 0.25) is 12.3 Å². The molecule has 0 spiro atoms. The zero-order chi connectivity index (χ0) is 28.4. The van der Waals surface area contributed by atoms with Gasteiger partial charge in [0.05, 0.1) is 34.9 Å². The fourth-order valence-electron chi connectivity index (χ4n) is 4.91. The van der Waals surface area contributed by atoms with E-state index in [4.69, 9.17) is 4.42 Å². The van der Waals surface area contributed by atoms with Gasteiger partial charge in [-0.1, -0.05) is 0 Å². The smallest absolute Gasteiger partial charge is 0.314 e. The van der Waals surface area contributed by atoms with E-state index in [0.717, 1.165) is 25.9 Å². The number of rotatable bonds is 9. The first-order valence-electron chi connectivity index (χ1n) is 12.8. The zero-order valence-electron chi connectivity index (χ0n) is 22.3. The van der Waals surface area contributed by atoms with Crippen molar-refractivity contribution in [2.75, 3.05) is 37.0 Å². The van der Waals surface area contributed by atoms with Gasteiger partial charge in [-0.3, -0.25) is 14.5 Å². The number of nitrogens with zero attached hydrogens (tertiary/aromatic N) is 8. The van der Waals surface area contributed by atoms with Gasteiger partial charge in [-0.25, -0.2) is 4.39 Å². The third-order valence-corrected chi connectivity index (χ3v) is 7.24. The summed E-state index contributed by atoms with van der Waals surface area (Å²) in [5.74, 6) is -1.35. The number of halogens is 3. The number of aromatic nitrogens is 5. The molecule has 4 aromatic rings. The van der Waals surface area contributed by atoms with Gasteiger partial charge in [-0.2, -0.15) is 13.9 Å². The van der Waals surface area contributed by atoms with Crippen molar-refractivity contribution in [3.8, 4) is 22.7 Å². The Bertz CT molecular complexity index is 1460. The lowest BCUT2D eigenvalue weighted by Gasteiger charge is -2.38. The predicted octanol–water partition coefficient (Wildman–Crippen LogP) is 4.30. The van der Waals surface area contributed by atoms with E-state index in [9.17, 15) is 13.6 Å². The summed E-state index contributed by atoms with van der Waals surface area (Å²) in [5, 5.41) is 11.1. The van der Waals surface area contributed by atoms with Gasteiger partial charge in [-0.05, 0) is 57.2 Å². The van der Waals surface area contributed by atoms with Crippen LogP contribution in [0.5, 0.6) is 0 Å². The average molecular weight is 555 g/mol. The maximum absolute atomic E-state index is 15.6. The molecule has 1 aliphatic rings. The number of anilines is 2. The second-order valence-electron chi connectivity index (χ2n) is 9.82. The number of likely N-dealkylation sites (tertiary alicyclic amines) is 1. The fourth-order valence-corrected chi connectivity index (χ4v) is 4.91. The van der Waals surface area contributed by atoms with Crippen LogP contribution in [-0.4, -0.2) is 69.5 Å². The molecule has 1 aliphatic heterocycles. The number of aryl methyl sites for hydroxylation is 1. The summed E-state index contributed by atoms with van der Waals surface area (Å²) in [6.07, 6.45) is 2.64. The number of carbonyl (C=O) groups is 1. The van der Waals surface area contributed by atoms with Crippen LogP contribution in [0.15, 0.2) is 47.1 Å². The van der Waals surface area contributed by atoms with Gasteiger partial charge < -0.3 is 19.1 Å². The minimum Gasteiger partial charge on any atom is -0.415 e. The quantitative estimate of drug-likeness (QED) is 0.283. The van der Waals surface area contributed by atoms with Gasteiger partial charge in [0.15, 0.2) is 0 Å². The Balaban J connectivity index is 1.47. The normalized spacial score (nSPS) is 14.6. The number of amides is 1. The molecule has 10 nitrogen and oxygen atoms in total. The molecular weight excluding hydrogens is 525 g/mol. The maximum Gasteiger partial charge on any atom is 0.314 e. The highest BCUT2D eigenvalue weighted by Crippen LogP contribution is 2.38. The van der Waals surface area contributed by atoms with Crippen molar-refractivity contribution in [3.63, 3.8) is 0 Å². The molecule has 0 saturated carbocycles. The second-order valence-corrected chi connectivity index (χ2v) is 9.82. The van der Waals surface area contributed by atoms with Crippen LogP contribution in [0.2, 0.25) is 0 Å². The first-order chi connectivity index (χ1) is 19.2. The summed E-state index contributed by atoms with van der Waals surface area (Å²) in [6, 6.07) is 8.30. The Hall–Kier alpha value is -4.26. The van der Waals surface area contributed by atoms with Crippen LogP contribution >= 0.6 is 0 Å². The standard InChI is InChI=1S/C27H29F3N8O2/c1-35-10-7-19(8-11-35)36(2)23-12-20(22-6-9-32-37(22)3)21(28)13-24(23)38(16-39)15-18-5-4-17(14-31-18)26-33-34-27(40-26)25(29)30/h4-6,9,12-14,16,19,25H,7-8,10-11,15H2,1-3H3. The van der Waals surface area contributed by atoms with E-state index in [-0.39, 0.29) is 18.5 Å². The van der Waals surface area contributed by atoms with Crippen molar-refractivity contribution >= 4 is 17.8 Å². The number of piperidine rings is 1. The van der Waals surface area contributed by atoms with Crippen molar-refractivity contribution in [2.24, 2.45) is 7.05 Å². The summed E-state index contributed by atoms with van der Waals surface area (Å²) in [7, 11) is 5.80. The molecule has 13 heteroatoms. The Morgan fingerprint density at radius 3 is 2.50 bits per heavy atom. The lowest BCUT2D eigenvalue weighted by Crippen LogP contribution is -2.42. The molecule has 3 aromatic heterocycles. The summed E-state index contributed by atoms with van der Waals surface area (Å²) < 4.78 is 47.7. The Morgan fingerprint density at radius 1 is 1.12 bits per heavy atom. The zero-order valence-corrected chi connectivity index (χ0v) is 22.3. The average Bonchev–Trinajstić information content (AvgIpc) is 3.62. The SMILES string of the molecule is CN1CCC(N(C)c2cc(-c3ccnn3C)c(F)cc2N(C=O)Cc2ccc(-c3nnc(C(F)F)o3)cn2)CC1. The minimum atomic E-state index is -2.87. The molecule has 0 unspecified atom stereocenters. The van der Waals surface area contributed by atoms with Crippen molar-refractivity contribution in [1.82, 2.24) is 29.9 Å². The Labute approximate surface area is 229 Å². The molecule has 5 rings (SSSR count). The van der Waals surface area contributed by atoms with E-state index in [1.54, 1.807) is 42.2 Å². The molecule has 0 bridgehead atoms. The monoisotopic (exact) mass is 554 g/mol. The van der Waals surface area contributed by atoms with Crippen LogP contribution in [0.1, 0.15) is 30.9 Å². The van der Waals surface area contributed by atoms with Crippen LogP contribution in [0.3, 0.4) is 0 Å². The van der Waals surface area contributed by atoms with E-state index < -0.39 is 18.1 Å². The Morgan fingerprint density at radius 2 is 1.90 bits per heavy atom. The lowest BCUT2D eigenvalue weighted by molar-refractivity contribution is -0.107.